The van der Waals surface area contributed by atoms with Gasteiger partial charge in [-0.3, -0.25) is 9.59 Å². The second-order valence-electron chi connectivity index (χ2n) is 7.07. The van der Waals surface area contributed by atoms with Gasteiger partial charge in [-0.05, 0) is 30.5 Å². The molecule has 1 unspecified atom stereocenters. The van der Waals surface area contributed by atoms with Crippen LogP contribution in [0.4, 0.5) is 0 Å². The fourth-order valence-electron chi connectivity index (χ4n) is 3.03. The van der Waals surface area contributed by atoms with E-state index in [1.54, 1.807) is 6.92 Å². The van der Waals surface area contributed by atoms with E-state index in [1.807, 2.05) is 23.6 Å². The smallest absolute Gasteiger partial charge is 0.311 e. The second kappa shape index (κ2) is 10.7. The molecule has 0 aliphatic carbocycles. The van der Waals surface area contributed by atoms with Gasteiger partial charge >= 0.3 is 5.97 Å². The van der Waals surface area contributed by atoms with Crippen LogP contribution in [0.2, 0.25) is 0 Å². The molecule has 2 heterocycles. The molecule has 1 atom stereocenters. The highest BCUT2D eigenvalue weighted by Crippen LogP contribution is 2.34. The lowest BCUT2D eigenvalue weighted by atomic mass is 9.95. The Hall–Kier alpha value is -2.26. The van der Waals surface area contributed by atoms with Gasteiger partial charge in [-0.15, -0.1) is 11.3 Å². The summed E-state index contributed by atoms with van der Waals surface area (Å²) >= 11 is 2.78. The van der Waals surface area contributed by atoms with Crippen molar-refractivity contribution in [3.8, 4) is 11.5 Å². The fourth-order valence-corrected chi connectivity index (χ4v) is 4.68. The van der Waals surface area contributed by atoms with Crippen LogP contribution in [0.3, 0.4) is 0 Å². The number of fused-ring (bicyclic) bond motifs is 1. The maximum atomic E-state index is 12.6. The number of hydrogen-bond donors (Lipinski definition) is 1. The minimum Gasteiger partial charge on any atom is -0.486 e. The molecule has 9 heteroatoms. The van der Waals surface area contributed by atoms with E-state index in [4.69, 9.17) is 14.2 Å². The van der Waals surface area contributed by atoms with Crippen molar-refractivity contribution in [3.63, 3.8) is 0 Å². The zero-order chi connectivity index (χ0) is 21.5. The second-order valence-corrected chi connectivity index (χ2v) is 9.15. The third-order valence-electron chi connectivity index (χ3n) is 4.40. The molecule has 0 saturated heterocycles. The van der Waals surface area contributed by atoms with E-state index in [9.17, 15) is 9.59 Å². The van der Waals surface area contributed by atoms with Crippen molar-refractivity contribution < 1.29 is 23.8 Å². The number of benzene rings is 1. The highest BCUT2D eigenvalue weighted by molar-refractivity contribution is 8.01. The number of carbonyl (C=O) groups excluding carboxylic acids is 2. The first-order valence-electron chi connectivity index (χ1n) is 9.88. The Morgan fingerprint density at radius 2 is 2.03 bits per heavy atom. The molecule has 3 rings (SSSR count). The predicted octanol–water partition coefficient (Wildman–Crippen LogP) is 3.63. The molecule has 0 spiro atoms. The molecule has 1 aromatic heterocycles. The Kier molecular flexibility index (Phi) is 7.98. The molecule has 1 aliphatic heterocycles. The van der Waals surface area contributed by atoms with Crippen molar-refractivity contribution in [1.29, 1.82) is 0 Å². The molecular weight excluding hydrogens is 424 g/mol. The van der Waals surface area contributed by atoms with Crippen molar-refractivity contribution >= 4 is 35.0 Å². The van der Waals surface area contributed by atoms with Crippen molar-refractivity contribution in [2.24, 2.45) is 5.92 Å². The van der Waals surface area contributed by atoms with Crippen molar-refractivity contribution in [1.82, 2.24) is 10.3 Å². The number of ether oxygens (including phenoxy) is 3. The van der Waals surface area contributed by atoms with Crippen LogP contribution in [-0.2, 0) is 20.7 Å². The molecule has 2 aromatic rings. The van der Waals surface area contributed by atoms with Crippen LogP contribution < -0.4 is 14.8 Å². The number of nitrogens with one attached hydrogen (secondary N) is 1. The zero-order valence-corrected chi connectivity index (χ0v) is 18.9. The van der Waals surface area contributed by atoms with Gasteiger partial charge in [0.2, 0.25) is 5.91 Å². The summed E-state index contributed by atoms with van der Waals surface area (Å²) < 4.78 is 16.9. The van der Waals surface area contributed by atoms with Crippen molar-refractivity contribution in [2.75, 3.05) is 25.6 Å². The van der Waals surface area contributed by atoms with Gasteiger partial charge in [0.25, 0.3) is 0 Å². The maximum absolute atomic E-state index is 12.6. The lowest BCUT2D eigenvalue weighted by Gasteiger charge is -2.25. The first-order valence-corrected chi connectivity index (χ1v) is 11.7. The molecule has 0 radical (unpaired) electrons. The minimum atomic E-state index is -0.295. The molecule has 0 saturated carbocycles. The van der Waals surface area contributed by atoms with Gasteiger partial charge in [0.05, 0.1) is 30.5 Å². The maximum Gasteiger partial charge on any atom is 0.311 e. The Bertz CT molecular complexity index is 884. The topological polar surface area (TPSA) is 86.8 Å². The van der Waals surface area contributed by atoms with Crippen LogP contribution in [0.15, 0.2) is 27.9 Å². The number of amides is 1. The lowest BCUT2D eigenvalue weighted by Crippen LogP contribution is -2.33. The summed E-state index contributed by atoms with van der Waals surface area (Å²) in [5, 5.41) is 4.93. The molecule has 1 N–H and O–H groups in total. The number of nitrogens with zero attached hydrogens (tertiary/aromatic N) is 1. The standard InChI is InChI=1S/C21H26N2O5S2/c1-4-26-19(25)10-15-11-29-21(22-15)30-12-18(24)23-20(13(2)3)14-5-6-16-17(9-14)28-8-7-27-16/h5-6,9,11,13,20H,4,7-8,10,12H2,1-3H3,(H,23,24). The number of carbonyl (C=O) groups is 2. The number of esters is 1. The lowest BCUT2D eigenvalue weighted by molar-refractivity contribution is -0.142. The third kappa shape index (κ3) is 6.12. The summed E-state index contributed by atoms with van der Waals surface area (Å²) in [7, 11) is 0. The van der Waals surface area contributed by atoms with E-state index in [-0.39, 0.29) is 36.0 Å². The summed E-state index contributed by atoms with van der Waals surface area (Å²) in [4.78, 5) is 28.5. The quantitative estimate of drug-likeness (QED) is 0.461. The number of hydrogen-bond acceptors (Lipinski definition) is 8. The van der Waals surface area contributed by atoms with Gasteiger partial charge in [0.15, 0.2) is 15.8 Å². The molecule has 30 heavy (non-hydrogen) atoms. The molecule has 0 fully saturated rings. The van der Waals surface area contributed by atoms with E-state index >= 15 is 0 Å². The van der Waals surface area contributed by atoms with Gasteiger partial charge in [-0.1, -0.05) is 31.7 Å². The van der Waals surface area contributed by atoms with Crippen LogP contribution in [0, 0.1) is 5.92 Å². The summed E-state index contributed by atoms with van der Waals surface area (Å²) in [5.74, 6) is 1.53. The Morgan fingerprint density at radius 1 is 1.27 bits per heavy atom. The molecule has 162 valence electrons. The van der Waals surface area contributed by atoms with Gasteiger partial charge < -0.3 is 19.5 Å². The highest BCUT2D eigenvalue weighted by atomic mass is 32.2. The third-order valence-corrected chi connectivity index (χ3v) is 6.47. The minimum absolute atomic E-state index is 0.0734. The first kappa shape index (κ1) is 22.4. The monoisotopic (exact) mass is 450 g/mol. The van der Waals surface area contributed by atoms with E-state index in [0.29, 0.717) is 31.3 Å². The van der Waals surface area contributed by atoms with Crippen LogP contribution in [0.25, 0.3) is 0 Å². The van der Waals surface area contributed by atoms with E-state index in [0.717, 1.165) is 15.7 Å². The molecule has 7 nitrogen and oxygen atoms in total. The van der Waals surface area contributed by atoms with Crippen LogP contribution in [0.5, 0.6) is 11.5 Å². The Morgan fingerprint density at radius 3 is 2.77 bits per heavy atom. The van der Waals surface area contributed by atoms with E-state index in [1.165, 1.54) is 23.1 Å². The molecule has 1 amide bonds. The van der Waals surface area contributed by atoms with Gasteiger partial charge in [-0.25, -0.2) is 4.98 Å². The molecule has 1 aliphatic rings. The summed E-state index contributed by atoms with van der Waals surface area (Å²) in [6.07, 6.45) is 0.149. The average molecular weight is 451 g/mol. The summed E-state index contributed by atoms with van der Waals surface area (Å²) in [6.45, 7) is 7.33. The average Bonchev–Trinajstić information content (AvgIpc) is 3.17. The molecular formula is C21H26N2O5S2. The van der Waals surface area contributed by atoms with Crippen LogP contribution in [0.1, 0.15) is 38.1 Å². The molecule has 0 bridgehead atoms. The largest absolute Gasteiger partial charge is 0.486 e. The van der Waals surface area contributed by atoms with Crippen LogP contribution in [-0.4, -0.2) is 42.4 Å². The number of thiazole rings is 1. The highest BCUT2D eigenvalue weighted by Gasteiger charge is 2.22. The summed E-state index contributed by atoms with van der Waals surface area (Å²) in [5.41, 5.74) is 1.65. The number of thioether (sulfide) groups is 1. The SMILES string of the molecule is CCOC(=O)Cc1csc(SCC(=O)NC(c2ccc3c(c2)OCCO3)C(C)C)n1. The Labute approximate surface area is 184 Å². The number of rotatable bonds is 9. The fraction of sp³-hybridized carbons (Fsp3) is 0.476. The summed E-state index contributed by atoms with van der Waals surface area (Å²) in [6, 6.07) is 5.66. The Balaban J connectivity index is 1.56. The first-order chi connectivity index (χ1) is 14.5. The van der Waals surface area contributed by atoms with Crippen molar-refractivity contribution in [2.45, 2.75) is 37.6 Å². The van der Waals surface area contributed by atoms with Gasteiger partial charge in [-0.2, -0.15) is 0 Å². The predicted molar refractivity (Wildman–Crippen MR) is 116 cm³/mol. The van der Waals surface area contributed by atoms with E-state index < -0.39 is 0 Å². The van der Waals surface area contributed by atoms with Gasteiger partial charge in [0.1, 0.15) is 13.2 Å². The van der Waals surface area contributed by atoms with Crippen molar-refractivity contribution in [3.05, 3.63) is 34.8 Å². The van der Waals surface area contributed by atoms with Gasteiger partial charge in [0, 0.05) is 5.38 Å². The van der Waals surface area contributed by atoms with E-state index in [2.05, 4.69) is 24.1 Å². The normalized spacial score (nSPS) is 13.7. The number of aromatic nitrogens is 1. The van der Waals surface area contributed by atoms with Crippen LogP contribution >= 0.6 is 23.1 Å². The molecule has 1 aromatic carbocycles. The zero-order valence-electron chi connectivity index (χ0n) is 17.3.